The van der Waals surface area contributed by atoms with Gasteiger partial charge in [0.25, 0.3) is 0 Å². The first-order valence-electron chi connectivity index (χ1n) is 4.90. The van der Waals surface area contributed by atoms with E-state index in [0.717, 1.165) is 25.7 Å². The molecule has 1 fully saturated rings. The molecule has 5 N–H and O–H groups in total. The molecule has 1 aliphatic carbocycles. The second-order valence-corrected chi connectivity index (χ2v) is 3.73. The fourth-order valence-corrected chi connectivity index (χ4v) is 1.76. The Morgan fingerprint density at radius 2 is 1.75 bits per heavy atom. The van der Waals surface area contributed by atoms with E-state index in [-0.39, 0.29) is 45.8 Å². The Balaban J connectivity index is 0. The number of aliphatic imine (C=N–C) groups is 1. The summed E-state index contributed by atoms with van der Waals surface area (Å²) in [5, 5.41) is 8.54. The Kier molecular flexibility index (Phi) is 10.2. The minimum absolute atomic E-state index is 0. The highest BCUT2D eigenvalue weighted by Crippen LogP contribution is 2.25. The van der Waals surface area contributed by atoms with E-state index < -0.39 is 5.97 Å². The molecule has 0 aromatic rings. The first-order chi connectivity index (χ1) is 6.63. The molecule has 1 aliphatic rings. The summed E-state index contributed by atoms with van der Waals surface area (Å²) in [6, 6.07) is 0.0777. The van der Waals surface area contributed by atoms with Gasteiger partial charge < -0.3 is 16.6 Å². The van der Waals surface area contributed by atoms with Crippen LogP contribution in [0.25, 0.3) is 0 Å². The van der Waals surface area contributed by atoms with E-state index in [0.29, 0.717) is 12.5 Å². The maximum absolute atomic E-state index is 10.4. The fourth-order valence-electron chi connectivity index (χ4n) is 1.76. The summed E-state index contributed by atoms with van der Waals surface area (Å²) in [4.78, 5) is 14.4. The number of nitrogens with two attached hydrogens (primary N) is 2. The number of rotatable bonds is 2. The summed E-state index contributed by atoms with van der Waals surface area (Å²) in [6.45, 7) is 0.713. The predicted molar refractivity (Wildman–Crippen MR) is 74.7 cm³/mol. The van der Waals surface area contributed by atoms with Gasteiger partial charge in [0, 0.05) is 0 Å². The largest absolute Gasteiger partial charge is 0.475 e. The predicted octanol–water partition coefficient (Wildman–Crippen LogP) is 1.10. The van der Waals surface area contributed by atoms with Crippen molar-refractivity contribution in [2.75, 3.05) is 6.54 Å². The molecule has 0 aromatic heterocycles. The van der Waals surface area contributed by atoms with Gasteiger partial charge in [-0.3, -0.25) is 4.99 Å². The van der Waals surface area contributed by atoms with Gasteiger partial charge in [0.05, 0.1) is 6.04 Å². The van der Waals surface area contributed by atoms with E-state index in [1.165, 1.54) is 0 Å². The van der Waals surface area contributed by atoms with Crippen LogP contribution in [0.3, 0.4) is 0 Å². The molecule has 0 heterocycles. The molecule has 1 saturated carbocycles. The third-order valence-corrected chi connectivity index (χ3v) is 2.69. The normalized spacial score (nSPS) is 25.2. The van der Waals surface area contributed by atoms with Crippen molar-refractivity contribution in [3.8, 4) is 0 Å². The van der Waals surface area contributed by atoms with E-state index in [1.807, 2.05) is 0 Å². The van der Waals surface area contributed by atoms with E-state index in [2.05, 4.69) is 4.99 Å². The lowest BCUT2D eigenvalue weighted by Gasteiger charge is -2.24. The van der Waals surface area contributed by atoms with Crippen LogP contribution in [0.2, 0.25) is 0 Å². The van der Waals surface area contributed by atoms with Crippen LogP contribution in [0.4, 0.5) is 0 Å². The number of hydrogen-bond acceptors (Lipinski definition) is 3. The van der Waals surface area contributed by atoms with Crippen LogP contribution in [-0.4, -0.2) is 29.5 Å². The van der Waals surface area contributed by atoms with Crippen LogP contribution in [0.15, 0.2) is 4.99 Å². The number of carbonyl (C=O) groups is 1. The molecule has 0 bridgehead atoms. The standard InChI is InChI=1S/C9H17N3O2.2BrH/c10-5-6-1-3-7(4-2-6)12-8(11)9(13)14;;/h6-7H,1-5,10H2,(H2,11,12)(H,13,14);2*1H. The van der Waals surface area contributed by atoms with Gasteiger partial charge in [-0.1, -0.05) is 0 Å². The van der Waals surface area contributed by atoms with Crippen LogP contribution >= 0.6 is 34.0 Å². The summed E-state index contributed by atoms with van der Waals surface area (Å²) in [5.74, 6) is -0.834. The first kappa shape index (κ1) is 18.2. The third kappa shape index (κ3) is 5.81. The summed E-state index contributed by atoms with van der Waals surface area (Å²) in [5.41, 5.74) is 10.8. The SMILES string of the molecule is Br.Br.NCC1CCC(N=C(N)C(=O)O)CC1. The molecule has 7 heteroatoms. The molecule has 0 spiro atoms. The highest BCUT2D eigenvalue weighted by atomic mass is 79.9. The Morgan fingerprint density at radius 3 is 2.12 bits per heavy atom. The zero-order valence-electron chi connectivity index (χ0n) is 8.96. The van der Waals surface area contributed by atoms with Crippen LogP contribution in [0.1, 0.15) is 25.7 Å². The maximum atomic E-state index is 10.4. The Bertz CT molecular complexity index is 241. The number of nitrogens with zero attached hydrogens (tertiary/aromatic N) is 1. The summed E-state index contributed by atoms with van der Waals surface area (Å²) in [7, 11) is 0. The second kappa shape index (κ2) is 8.95. The topological polar surface area (TPSA) is 102 Å². The number of amidine groups is 1. The van der Waals surface area contributed by atoms with E-state index in [9.17, 15) is 4.79 Å². The van der Waals surface area contributed by atoms with Crippen molar-refractivity contribution in [3.05, 3.63) is 0 Å². The van der Waals surface area contributed by atoms with Crippen molar-refractivity contribution >= 4 is 45.8 Å². The van der Waals surface area contributed by atoms with Gasteiger partial charge in [-0.15, -0.1) is 34.0 Å². The van der Waals surface area contributed by atoms with E-state index in [1.54, 1.807) is 0 Å². The molecule has 0 amide bonds. The van der Waals surface area contributed by atoms with Gasteiger partial charge in [0.2, 0.25) is 5.84 Å². The first-order valence-corrected chi connectivity index (χ1v) is 4.90. The lowest BCUT2D eigenvalue weighted by Crippen LogP contribution is -2.28. The molecular weight excluding hydrogens is 342 g/mol. The number of carboxylic acid groups (broad SMARTS) is 1. The average Bonchev–Trinajstić information content (AvgIpc) is 2.19. The van der Waals surface area contributed by atoms with Crippen molar-refractivity contribution in [3.63, 3.8) is 0 Å². The highest BCUT2D eigenvalue weighted by Gasteiger charge is 2.20. The molecule has 16 heavy (non-hydrogen) atoms. The summed E-state index contributed by atoms with van der Waals surface area (Å²) >= 11 is 0. The summed E-state index contributed by atoms with van der Waals surface area (Å²) in [6.07, 6.45) is 3.85. The van der Waals surface area contributed by atoms with Crippen molar-refractivity contribution in [2.24, 2.45) is 22.4 Å². The van der Waals surface area contributed by atoms with Crippen LogP contribution < -0.4 is 11.5 Å². The Labute approximate surface area is 116 Å². The smallest absolute Gasteiger partial charge is 0.370 e. The molecule has 0 aliphatic heterocycles. The number of hydrogen-bond donors (Lipinski definition) is 3. The minimum atomic E-state index is -1.13. The molecule has 0 unspecified atom stereocenters. The number of aliphatic carboxylic acids is 1. The molecule has 0 radical (unpaired) electrons. The van der Waals surface area contributed by atoms with Crippen LogP contribution in [0, 0.1) is 5.92 Å². The minimum Gasteiger partial charge on any atom is -0.475 e. The van der Waals surface area contributed by atoms with E-state index >= 15 is 0 Å². The van der Waals surface area contributed by atoms with Crippen molar-refractivity contribution in [1.29, 1.82) is 0 Å². The monoisotopic (exact) mass is 359 g/mol. The average molecular weight is 361 g/mol. The molecule has 1 rings (SSSR count). The zero-order chi connectivity index (χ0) is 10.6. The Morgan fingerprint density at radius 1 is 1.25 bits per heavy atom. The lowest BCUT2D eigenvalue weighted by atomic mass is 9.86. The molecule has 0 atom stereocenters. The van der Waals surface area contributed by atoms with Crippen molar-refractivity contribution < 1.29 is 9.90 Å². The highest BCUT2D eigenvalue weighted by molar-refractivity contribution is 8.93. The number of carboxylic acids is 1. The second-order valence-electron chi connectivity index (χ2n) is 3.73. The lowest BCUT2D eigenvalue weighted by molar-refractivity contribution is -0.129. The quantitative estimate of drug-likeness (QED) is 0.506. The third-order valence-electron chi connectivity index (χ3n) is 2.69. The van der Waals surface area contributed by atoms with Gasteiger partial charge >= 0.3 is 5.97 Å². The van der Waals surface area contributed by atoms with Gasteiger partial charge in [-0.05, 0) is 38.1 Å². The molecule has 0 saturated heterocycles. The molecule has 5 nitrogen and oxygen atoms in total. The fraction of sp³-hybridized carbons (Fsp3) is 0.778. The van der Waals surface area contributed by atoms with Gasteiger partial charge in [-0.2, -0.15) is 0 Å². The zero-order valence-corrected chi connectivity index (χ0v) is 12.4. The Hall–Kier alpha value is -0.140. The van der Waals surface area contributed by atoms with Crippen molar-refractivity contribution in [2.45, 2.75) is 31.7 Å². The molecule has 96 valence electrons. The number of halogens is 2. The van der Waals surface area contributed by atoms with Crippen LogP contribution in [-0.2, 0) is 4.79 Å². The molecule has 0 aromatic carbocycles. The van der Waals surface area contributed by atoms with Gasteiger partial charge in [-0.25, -0.2) is 4.79 Å². The maximum Gasteiger partial charge on any atom is 0.370 e. The van der Waals surface area contributed by atoms with Crippen molar-refractivity contribution in [1.82, 2.24) is 0 Å². The van der Waals surface area contributed by atoms with E-state index in [4.69, 9.17) is 16.6 Å². The summed E-state index contributed by atoms with van der Waals surface area (Å²) < 4.78 is 0. The van der Waals surface area contributed by atoms with Gasteiger partial charge in [0.15, 0.2) is 0 Å². The van der Waals surface area contributed by atoms with Crippen LogP contribution in [0.5, 0.6) is 0 Å². The molecular formula is C9H19Br2N3O2. The van der Waals surface area contributed by atoms with Gasteiger partial charge in [0.1, 0.15) is 0 Å².